The molecule has 1 aromatic heterocycles. The Balaban J connectivity index is 1.56. The largest absolute Gasteiger partial charge is 0.390 e. The van der Waals surface area contributed by atoms with Crippen LogP contribution in [-0.2, 0) is 13.0 Å². The van der Waals surface area contributed by atoms with Crippen molar-refractivity contribution in [2.75, 3.05) is 13.1 Å². The second kappa shape index (κ2) is 7.65. The fourth-order valence-electron chi connectivity index (χ4n) is 3.26. The highest BCUT2D eigenvalue weighted by atomic mass is 16.3. The Kier molecular flexibility index (Phi) is 5.34. The minimum atomic E-state index is -0.394. The average Bonchev–Trinajstić information content (AvgIpc) is 2.85. The molecule has 1 atom stereocenters. The maximum atomic E-state index is 10.4. The highest BCUT2D eigenvalue weighted by Gasteiger charge is 2.13. The van der Waals surface area contributed by atoms with E-state index in [0.717, 1.165) is 13.0 Å². The van der Waals surface area contributed by atoms with Crippen molar-refractivity contribution in [3.63, 3.8) is 0 Å². The molecule has 0 bridgehead atoms. The third-order valence-electron chi connectivity index (χ3n) is 4.75. The van der Waals surface area contributed by atoms with Gasteiger partial charge < -0.3 is 15.0 Å². The van der Waals surface area contributed by atoms with Crippen molar-refractivity contribution in [2.24, 2.45) is 0 Å². The second-order valence-electron chi connectivity index (χ2n) is 6.43. The Hall–Kier alpha value is -2.10. The van der Waals surface area contributed by atoms with E-state index >= 15 is 0 Å². The van der Waals surface area contributed by atoms with Crippen LogP contribution in [0.1, 0.15) is 16.8 Å². The van der Waals surface area contributed by atoms with Gasteiger partial charge in [0, 0.05) is 23.1 Å². The number of aromatic nitrogens is 1. The molecule has 2 aromatic carbocycles. The van der Waals surface area contributed by atoms with Crippen LogP contribution in [0.2, 0.25) is 0 Å². The number of para-hydroxylation sites is 1. The average molecular weight is 322 g/mol. The zero-order valence-electron chi connectivity index (χ0n) is 14.5. The van der Waals surface area contributed by atoms with E-state index in [1.165, 1.54) is 27.7 Å². The Morgan fingerprint density at radius 1 is 1.00 bits per heavy atom. The van der Waals surface area contributed by atoms with Gasteiger partial charge in [-0.2, -0.15) is 0 Å². The molecule has 0 radical (unpaired) electrons. The van der Waals surface area contributed by atoms with Crippen LogP contribution in [0, 0.1) is 13.8 Å². The molecule has 0 fully saturated rings. The molecule has 126 valence electrons. The first kappa shape index (κ1) is 16.7. The molecule has 1 unspecified atom stereocenters. The van der Waals surface area contributed by atoms with E-state index in [2.05, 4.69) is 72.3 Å². The lowest BCUT2D eigenvalue weighted by Crippen LogP contribution is -2.31. The van der Waals surface area contributed by atoms with Crippen LogP contribution in [0.15, 0.2) is 54.6 Å². The number of hydrogen-bond donors (Lipinski definition) is 2. The predicted octanol–water partition coefficient (Wildman–Crippen LogP) is 3.45. The third-order valence-corrected chi connectivity index (χ3v) is 4.75. The van der Waals surface area contributed by atoms with E-state index < -0.39 is 6.10 Å². The minimum absolute atomic E-state index is 0.394. The Labute approximate surface area is 143 Å². The second-order valence-corrected chi connectivity index (χ2v) is 6.43. The van der Waals surface area contributed by atoms with Crippen molar-refractivity contribution < 1.29 is 5.11 Å². The Morgan fingerprint density at radius 2 is 1.71 bits per heavy atom. The molecule has 3 rings (SSSR count). The fourth-order valence-corrected chi connectivity index (χ4v) is 3.26. The normalized spacial score (nSPS) is 12.6. The van der Waals surface area contributed by atoms with Crippen molar-refractivity contribution in [3.05, 3.63) is 71.4 Å². The summed E-state index contributed by atoms with van der Waals surface area (Å²) in [6, 6.07) is 18.8. The van der Waals surface area contributed by atoms with Crippen molar-refractivity contribution in [1.29, 1.82) is 0 Å². The Bertz CT molecular complexity index is 792. The standard InChI is InChI=1S/C21H26N2O/c1-16-17(2)23(21-11-7-6-10-20(16)21)15-19(24)14-22-13-12-18-8-4-3-5-9-18/h3-11,19,22,24H,12-15H2,1-2H3. The summed E-state index contributed by atoms with van der Waals surface area (Å²) in [5, 5.41) is 15.1. The number of nitrogens with one attached hydrogen (secondary N) is 1. The molecule has 1 heterocycles. The van der Waals surface area contributed by atoms with Gasteiger partial charge in [0.1, 0.15) is 0 Å². The lowest BCUT2D eigenvalue weighted by atomic mass is 10.1. The first-order chi connectivity index (χ1) is 11.7. The molecular formula is C21H26N2O. The molecule has 2 N–H and O–H groups in total. The van der Waals surface area contributed by atoms with Crippen molar-refractivity contribution in [3.8, 4) is 0 Å². The monoisotopic (exact) mass is 322 g/mol. The zero-order valence-corrected chi connectivity index (χ0v) is 14.5. The van der Waals surface area contributed by atoms with E-state index in [1.54, 1.807) is 0 Å². The molecule has 0 aliphatic carbocycles. The van der Waals surface area contributed by atoms with E-state index in [4.69, 9.17) is 0 Å². The molecule has 0 amide bonds. The number of hydrogen-bond acceptors (Lipinski definition) is 2. The van der Waals surface area contributed by atoms with Crippen LogP contribution in [0.5, 0.6) is 0 Å². The highest BCUT2D eigenvalue weighted by Crippen LogP contribution is 2.25. The highest BCUT2D eigenvalue weighted by molar-refractivity contribution is 5.85. The summed E-state index contributed by atoms with van der Waals surface area (Å²) >= 11 is 0. The topological polar surface area (TPSA) is 37.2 Å². The van der Waals surface area contributed by atoms with Gasteiger partial charge in [0.05, 0.1) is 12.6 Å². The molecule has 0 saturated heterocycles. The van der Waals surface area contributed by atoms with Gasteiger partial charge >= 0.3 is 0 Å². The van der Waals surface area contributed by atoms with Gasteiger partial charge in [-0.1, -0.05) is 48.5 Å². The van der Waals surface area contributed by atoms with Gasteiger partial charge in [0.2, 0.25) is 0 Å². The van der Waals surface area contributed by atoms with Crippen LogP contribution in [0.25, 0.3) is 10.9 Å². The summed E-state index contributed by atoms with van der Waals surface area (Å²) in [7, 11) is 0. The number of aliphatic hydroxyl groups excluding tert-OH is 1. The van der Waals surface area contributed by atoms with Gasteiger partial charge in [-0.3, -0.25) is 0 Å². The van der Waals surface area contributed by atoms with E-state index in [-0.39, 0.29) is 0 Å². The van der Waals surface area contributed by atoms with Gasteiger partial charge in [0.25, 0.3) is 0 Å². The number of nitrogens with zero attached hydrogens (tertiary/aromatic N) is 1. The molecule has 0 spiro atoms. The summed E-state index contributed by atoms with van der Waals surface area (Å²) in [4.78, 5) is 0. The third kappa shape index (κ3) is 3.69. The molecule has 0 saturated carbocycles. The lowest BCUT2D eigenvalue weighted by Gasteiger charge is -2.15. The molecule has 3 nitrogen and oxygen atoms in total. The predicted molar refractivity (Wildman–Crippen MR) is 100 cm³/mol. The molecule has 24 heavy (non-hydrogen) atoms. The Morgan fingerprint density at radius 3 is 2.50 bits per heavy atom. The molecule has 0 aliphatic heterocycles. The van der Waals surface area contributed by atoms with Crippen LogP contribution in [0.3, 0.4) is 0 Å². The molecular weight excluding hydrogens is 296 g/mol. The van der Waals surface area contributed by atoms with Gasteiger partial charge in [-0.25, -0.2) is 0 Å². The van der Waals surface area contributed by atoms with Crippen LogP contribution < -0.4 is 5.32 Å². The van der Waals surface area contributed by atoms with Crippen molar-refractivity contribution in [2.45, 2.75) is 32.9 Å². The minimum Gasteiger partial charge on any atom is -0.390 e. The van der Waals surface area contributed by atoms with E-state index in [0.29, 0.717) is 13.1 Å². The first-order valence-corrected chi connectivity index (χ1v) is 8.64. The molecule has 0 aliphatic rings. The van der Waals surface area contributed by atoms with E-state index in [1.807, 2.05) is 6.07 Å². The number of aliphatic hydroxyl groups is 1. The maximum Gasteiger partial charge on any atom is 0.0843 e. The van der Waals surface area contributed by atoms with Crippen molar-refractivity contribution >= 4 is 10.9 Å². The van der Waals surface area contributed by atoms with Crippen LogP contribution in [-0.4, -0.2) is 28.9 Å². The molecule has 3 aromatic rings. The van der Waals surface area contributed by atoms with Gasteiger partial charge in [-0.15, -0.1) is 0 Å². The summed E-state index contributed by atoms with van der Waals surface area (Å²) < 4.78 is 2.23. The summed E-state index contributed by atoms with van der Waals surface area (Å²) in [5.41, 5.74) is 5.06. The SMILES string of the molecule is Cc1c(C)n(CC(O)CNCCc2ccccc2)c2ccccc12. The van der Waals surface area contributed by atoms with Gasteiger partial charge in [-0.05, 0) is 44.0 Å². The van der Waals surface area contributed by atoms with Crippen LogP contribution in [0.4, 0.5) is 0 Å². The number of benzene rings is 2. The zero-order chi connectivity index (χ0) is 16.9. The van der Waals surface area contributed by atoms with E-state index in [9.17, 15) is 5.11 Å². The number of fused-ring (bicyclic) bond motifs is 1. The fraction of sp³-hybridized carbons (Fsp3) is 0.333. The summed E-state index contributed by atoms with van der Waals surface area (Å²) in [5.74, 6) is 0. The summed E-state index contributed by atoms with van der Waals surface area (Å²) in [6.07, 6.45) is 0.590. The quantitative estimate of drug-likeness (QED) is 0.654. The smallest absolute Gasteiger partial charge is 0.0843 e. The van der Waals surface area contributed by atoms with Gasteiger partial charge in [0.15, 0.2) is 0 Å². The maximum absolute atomic E-state index is 10.4. The summed E-state index contributed by atoms with van der Waals surface area (Å²) in [6.45, 7) is 6.39. The number of aryl methyl sites for hydroxylation is 1. The van der Waals surface area contributed by atoms with Crippen molar-refractivity contribution in [1.82, 2.24) is 9.88 Å². The molecule has 3 heteroatoms. The van der Waals surface area contributed by atoms with Crippen LogP contribution >= 0.6 is 0 Å². The first-order valence-electron chi connectivity index (χ1n) is 8.64. The lowest BCUT2D eigenvalue weighted by molar-refractivity contribution is 0.152. The number of rotatable bonds is 7.